The first-order valence-corrected chi connectivity index (χ1v) is 6.37. The van der Waals surface area contributed by atoms with Crippen molar-refractivity contribution in [1.82, 2.24) is 9.88 Å². The van der Waals surface area contributed by atoms with Crippen molar-refractivity contribution in [2.45, 2.75) is 13.0 Å². The molecule has 0 spiro atoms. The van der Waals surface area contributed by atoms with Gasteiger partial charge < -0.3 is 15.7 Å². The summed E-state index contributed by atoms with van der Waals surface area (Å²) in [6, 6.07) is 3.83. The molecule has 104 valence electrons. The SMILES string of the molecule is COCC1CCN(Cc2cccnc2C(N)=NO)C1. The van der Waals surface area contributed by atoms with Crippen LogP contribution in [0.1, 0.15) is 17.7 Å². The van der Waals surface area contributed by atoms with Crippen molar-refractivity contribution in [3.05, 3.63) is 29.6 Å². The van der Waals surface area contributed by atoms with Crippen molar-refractivity contribution in [2.24, 2.45) is 16.8 Å². The fourth-order valence-electron chi connectivity index (χ4n) is 2.51. The van der Waals surface area contributed by atoms with Crippen LogP contribution < -0.4 is 5.73 Å². The van der Waals surface area contributed by atoms with Gasteiger partial charge >= 0.3 is 0 Å². The van der Waals surface area contributed by atoms with E-state index in [2.05, 4.69) is 15.0 Å². The van der Waals surface area contributed by atoms with Crippen LogP contribution in [0, 0.1) is 5.92 Å². The van der Waals surface area contributed by atoms with Crippen molar-refractivity contribution in [2.75, 3.05) is 26.8 Å². The summed E-state index contributed by atoms with van der Waals surface area (Å²) in [5.41, 5.74) is 7.18. The normalized spacial score (nSPS) is 20.9. The Morgan fingerprint density at radius 3 is 3.26 bits per heavy atom. The number of hydrogen-bond acceptors (Lipinski definition) is 5. The number of ether oxygens (including phenoxy) is 1. The number of likely N-dealkylation sites (tertiary alicyclic amines) is 1. The molecule has 1 atom stereocenters. The van der Waals surface area contributed by atoms with Gasteiger partial charge in [0.2, 0.25) is 0 Å². The van der Waals surface area contributed by atoms with E-state index < -0.39 is 0 Å². The number of nitrogens with zero attached hydrogens (tertiary/aromatic N) is 3. The lowest BCUT2D eigenvalue weighted by atomic mass is 10.1. The second-order valence-electron chi connectivity index (χ2n) is 4.84. The minimum atomic E-state index is 0.0586. The second-order valence-corrected chi connectivity index (χ2v) is 4.84. The molecule has 0 radical (unpaired) electrons. The van der Waals surface area contributed by atoms with E-state index in [9.17, 15) is 0 Å². The summed E-state index contributed by atoms with van der Waals surface area (Å²) in [5, 5.41) is 11.8. The fourth-order valence-corrected chi connectivity index (χ4v) is 2.51. The van der Waals surface area contributed by atoms with Crippen LogP contribution in [0.4, 0.5) is 0 Å². The molecule has 1 saturated heterocycles. The summed E-state index contributed by atoms with van der Waals surface area (Å²) in [4.78, 5) is 6.52. The summed E-state index contributed by atoms with van der Waals surface area (Å²) >= 11 is 0. The predicted octanol–water partition coefficient (Wildman–Crippen LogP) is 0.644. The van der Waals surface area contributed by atoms with E-state index in [0.717, 1.165) is 38.2 Å². The van der Waals surface area contributed by atoms with Crippen LogP contribution in [0.25, 0.3) is 0 Å². The molecule has 1 fully saturated rings. The molecule has 2 rings (SSSR count). The highest BCUT2D eigenvalue weighted by Crippen LogP contribution is 2.19. The summed E-state index contributed by atoms with van der Waals surface area (Å²) in [5.74, 6) is 0.650. The molecule has 1 aromatic heterocycles. The summed E-state index contributed by atoms with van der Waals surface area (Å²) in [6.45, 7) is 3.62. The van der Waals surface area contributed by atoms with Gasteiger partial charge in [-0.3, -0.25) is 9.88 Å². The van der Waals surface area contributed by atoms with Gasteiger partial charge in [0.1, 0.15) is 5.69 Å². The first kappa shape index (κ1) is 13.8. The molecule has 19 heavy (non-hydrogen) atoms. The van der Waals surface area contributed by atoms with Gasteiger partial charge in [0.05, 0.1) is 6.61 Å². The van der Waals surface area contributed by atoms with Crippen LogP contribution in [0.15, 0.2) is 23.5 Å². The average molecular weight is 264 g/mol. The molecule has 0 aromatic carbocycles. The van der Waals surface area contributed by atoms with Crippen molar-refractivity contribution >= 4 is 5.84 Å². The summed E-state index contributed by atoms with van der Waals surface area (Å²) in [6.07, 6.45) is 2.79. The quantitative estimate of drug-likeness (QED) is 0.353. The van der Waals surface area contributed by atoms with Gasteiger partial charge in [0, 0.05) is 26.4 Å². The zero-order chi connectivity index (χ0) is 13.7. The highest BCUT2D eigenvalue weighted by atomic mass is 16.5. The maximum Gasteiger partial charge on any atom is 0.189 e. The molecule has 2 heterocycles. The van der Waals surface area contributed by atoms with E-state index >= 15 is 0 Å². The molecule has 6 heteroatoms. The number of methoxy groups -OCH3 is 1. The van der Waals surface area contributed by atoms with Crippen LogP contribution in [-0.2, 0) is 11.3 Å². The number of hydrogen-bond donors (Lipinski definition) is 2. The Kier molecular flexibility index (Phi) is 4.70. The third kappa shape index (κ3) is 3.42. The second kappa shape index (κ2) is 6.49. The van der Waals surface area contributed by atoms with E-state index in [0.29, 0.717) is 11.6 Å². The molecular weight excluding hydrogens is 244 g/mol. The first-order valence-electron chi connectivity index (χ1n) is 6.37. The van der Waals surface area contributed by atoms with Crippen molar-refractivity contribution in [1.29, 1.82) is 0 Å². The summed E-state index contributed by atoms with van der Waals surface area (Å²) in [7, 11) is 1.74. The van der Waals surface area contributed by atoms with E-state index in [4.69, 9.17) is 15.7 Å². The lowest BCUT2D eigenvalue weighted by molar-refractivity contribution is 0.152. The fraction of sp³-hybridized carbons (Fsp3) is 0.538. The Morgan fingerprint density at radius 2 is 2.53 bits per heavy atom. The Hall–Kier alpha value is -1.66. The molecular formula is C13H20N4O2. The first-order chi connectivity index (χ1) is 9.24. The lowest BCUT2D eigenvalue weighted by Gasteiger charge is -2.17. The minimum absolute atomic E-state index is 0.0586. The molecule has 1 aliphatic rings. The van der Waals surface area contributed by atoms with Gasteiger partial charge in [-0.25, -0.2) is 0 Å². The standard InChI is InChI=1S/C13H20N4O2/c1-19-9-10-4-6-17(7-10)8-11-3-2-5-15-12(11)13(14)16-18/h2-3,5,10,18H,4,6-9H2,1H3,(H2,14,16). The Balaban J connectivity index is 2.04. The molecule has 1 unspecified atom stereocenters. The molecule has 3 N–H and O–H groups in total. The van der Waals surface area contributed by atoms with E-state index in [1.807, 2.05) is 12.1 Å². The smallest absolute Gasteiger partial charge is 0.189 e. The van der Waals surface area contributed by atoms with E-state index in [1.54, 1.807) is 13.3 Å². The maximum atomic E-state index is 8.78. The van der Waals surface area contributed by atoms with Crippen molar-refractivity contribution in [3.8, 4) is 0 Å². The number of aromatic nitrogens is 1. The number of pyridine rings is 1. The van der Waals surface area contributed by atoms with Crippen molar-refractivity contribution < 1.29 is 9.94 Å². The number of nitrogens with two attached hydrogens (primary N) is 1. The van der Waals surface area contributed by atoms with Crippen LogP contribution in [0.3, 0.4) is 0 Å². The highest BCUT2D eigenvalue weighted by Gasteiger charge is 2.23. The van der Waals surface area contributed by atoms with Gasteiger partial charge in [-0.15, -0.1) is 0 Å². The molecule has 0 saturated carbocycles. The van der Waals surface area contributed by atoms with Crippen molar-refractivity contribution in [3.63, 3.8) is 0 Å². The van der Waals surface area contributed by atoms with E-state index in [-0.39, 0.29) is 5.84 Å². The number of oxime groups is 1. The van der Waals surface area contributed by atoms with Gasteiger partial charge in [-0.2, -0.15) is 0 Å². The minimum Gasteiger partial charge on any atom is -0.409 e. The van der Waals surface area contributed by atoms with Crippen LogP contribution in [0.5, 0.6) is 0 Å². The lowest BCUT2D eigenvalue weighted by Crippen LogP contribution is -2.24. The average Bonchev–Trinajstić information content (AvgIpc) is 2.86. The van der Waals surface area contributed by atoms with E-state index in [1.165, 1.54) is 0 Å². The predicted molar refractivity (Wildman–Crippen MR) is 72.0 cm³/mol. The Morgan fingerprint density at radius 1 is 1.68 bits per heavy atom. The zero-order valence-electron chi connectivity index (χ0n) is 11.1. The van der Waals surface area contributed by atoms with Gasteiger partial charge in [-0.05, 0) is 30.5 Å². The topological polar surface area (TPSA) is 84.0 Å². The van der Waals surface area contributed by atoms with Gasteiger partial charge in [0.25, 0.3) is 0 Å². The monoisotopic (exact) mass is 264 g/mol. The zero-order valence-corrected chi connectivity index (χ0v) is 11.1. The molecule has 1 aromatic rings. The number of rotatable bonds is 5. The largest absolute Gasteiger partial charge is 0.409 e. The Bertz CT molecular complexity index is 450. The van der Waals surface area contributed by atoms with Crippen LogP contribution in [0.2, 0.25) is 0 Å². The highest BCUT2D eigenvalue weighted by molar-refractivity contribution is 5.96. The van der Waals surface area contributed by atoms with Gasteiger partial charge in [0.15, 0.2) is 5.84 Å². The van der Waals surface area contributed by atoms with Crippen LogP contribution >= 0.6 is 0 Å². The van der Waals surface area contributed by atoms with Gasteiger partial charge in [-0.1, -0.05) is 11.2 Å². The third-order valence-corrected chi connectivity index (χ3v) is 3.41. The van der Waals surface area contributed by atoms with Crippen LogP contribution in [-0.4, -0.2) is 47.7 Å². The number of amidine groups is 1. The molecule has 6 nitrogen and oxygen atoms in total. The Labute approximate surface area is 112 Å². The molecule has 0 amide bonds. The third-order valence-electron chi connectivity index (χ3n) is 3.41. The molecule has 0 bridgehead atoms. The molecule has 0 aliphatic carbocycles. The molecule has 1 aliphatic heterocycles. The summed E-state index contributed by atoms with van der Waals surface area (Å²) < 4.78 is 5.19. The maximum absolute atomic E-state index is 8.78.